The van der Waals surface area contributed by atoms with E-state index in [2.05, 4.69) is 136 Å². The van der Waals surface area contributed by atoms with Crippen molar-refractivity contribution in [2.24, 2.45) is 0 Å². The van der Waals surface area contributed by atoms with Crippen molar-refractivity contribution in [3.63, 3.8) is 0 Å². The molecule has 4 heterocycles. The Labute approximate surface area is 296 Å². The third-order valence-electron chi connectivity index (χ3n) is 9.88. The molecule has 9 rings (SSSR count). The van der Waals surface area contributed by atoms with E-state index in [9.17, 15) is 0 Å². The molecule has 0 amide bonds. The second kappa shape index (κ2) is 12.1. The molecular formula is C46H34N4O. The van der Waals surface area contributed by atoms with Crippen LogP contribution >= 0.6 is 0 Å². The van der Waals surface area contributed by atoms with Gasteiger partial charge in [0, 0.05) is 44.4 Å². The Balaban J connectivity index is 1.17. The lowest BCUT2D eigenvalue weighted by Crippen LogP contribution is -1.96. The van der Waals surface area contributed by atoms with Gasteiger partial charge in [0.15, 0.2) is 0 Å². The van der Waals surface area contributed by atoms with Gasteiger partial charge in [0.2, 0.25) is 5.88 Å². The molecule has 9 aromatic rings. The third kappa shape index (κ3) is 5.26. The quantitative estimate of drug-likeness (QED) is 0.172. The molecule has 0 aliphatic heterocycles. The smallest absolute Gasteiger partial charge is 0.214 e. The van der Waals surface area contributed by atoms with Crippen LogP contribution in [0.1, 0.15) is 16.8 Å². The molecule has 0 bridgehead atoms. The summed E-state index contributed by atoms with van der Waals surface area (Å²) < 4.78 is 5.67. The van der Waals surface area contributed by atoms with Gasteiger partial charge in [-0.15, -0.1) is 0 Å². The predicted octanol–water partition coefficient (Wildman–Crippen LogP) is 11.5. The van der Waals surface area contributed by atoms with Crippen molar-refractivity contribution in [2.45, 2.75) is 20.8 Å². The van der Waals surface area contributed by atoms with Gasteiger partial charge in [-0.05, 0) is 84.5 Å². The van der Waals surface area contributed by atoms with Crippen molar-refractivity contribution >= 4 is 43.6 Å². The number of nitrogens with zero attached hydrogens (tertiary/aromatic N) is 4. The Morgan fingerprint density at radius 1 is 0.412 bits per heavy atom. The van der Waals surface area contributed by atoms with Gasteiger partial charge < -0.3 is 4.74 Å². The van der Waals surface area contributed by atoms with Gasteiger partial charge in [-0.1, -0.05) is 97.1 Å². The first-order valence-corrected chi connectivity index (χ1v) is 17.2. The molecule has 0 N–H and O–H groups in total. The van der Waals surface area contributed by atoms with E-state index in [1.165, 1.54) is 11.1 Å². The summed E-state index contributed by atoms with van der Waals surface area (Å²) in [6, 6.07) is 46.6. The maximum atomic E-state index is 5.67. The maximum Gasteiger partial charge on any atom is 0.214 e. The highest BCUT2D eigenvalue weighted by molar-refractivity contribution is 6.10. The Bertz CT molecular complexity index is 2810. The summed E-state index contributed by atoms with van der Waals surface area (Å²) in [6.45, 7) is 6.35. The van der Waals surface area contributed by atoms with E-state index in [1.807, 2.05) is 18.2 Å². The number of benzene rings is 5. The molecule has 4 aromatic heterocycles. The summed E-state index contributed by atoms with van der Waals surface area (Å²) in [5.41, 5.74) is 15.3. The molecule has 0 unspecified atom stereocenters. The predicted molar refractivity (Wildman–Crippen MR) is 210 cm³/mol. The second-order valence-corrected chi connectivity index (χ2v) is 13.2. The molecule has 0 atom stereocenters. The van der Waals surface area contributed by atoms with E-state index in [-0.39, 0.29) is 0 Å². The number of fused-ring (bicyclic) bond motifs is 6. The highest BCUT2D eigenvalue weighted by atomic mass is 16.5. The topological polar surface area (TPSA) is 60.8 Å². The molecule has 0 spiro atoms. The van der Waals surface area contributed by atoms with Crippen LogP contribution < -0.4 is 4.74 Å². The lowest BCUT2D eigenvalue weighted by molar-refractivity contribution is 0.400. The number of hydrogen-bond donors (Lipinski definition) is 0. The van der Waals surface area contributed by atoms with Gasteiger partial charge in [-0.3, -0.25) is 4.98 Å². The van der Waals surface area contributed by atoms with Crippen LogP contribution in [0.15, 0.2) is 133 Å². The second-order valence-electron chi connectivity index (χ2n) is 13.2. The van der Waals surface area contributed by atoms with Crippen molar-refractivity contribution < 1.29 is 4.74 Å². The molecule has 0 fully saturated rings. The average molecular weight is 659 g/mol. The number of aryl methyl sites for hydroxylation is 3. The Kier molecular flexibility index (Phi) is 7.29. The lowest BCUT2D eigenvalue weighted by Gasteiger charge is -2.15. The number of hydrogen-bond acceptors (Lipinski definition) is 5. The average Bonchev–Trinajstić information content (AvgIpc) is 3.18. The van der Waals surface area contributed by atoms with Crippen molar-refractivity contribution in [1.82, 2.24) is 19.9 Å². The maximum absolute atomic E-state index is 5.67. The number of rotatable bonds is 5. The zero-order chi connectivity index (χ0) is 34.6. The van der Waals surface area contributed by atoms with E-state index < -0.39 is 0 Å². The van der Waals surface area contributed by atoms with E-state index in [1.54, 1.807) is 7.11 Å². The molecule has 5 nitrogen and oxygen atoms in total. The first-order valence-electron chi connectivity index (χ1n) is 17.2. The van der Waals surface area contributed by atoms with Gasteiger partial charge in [-0.25, -0.2) is 15.0 Å². The van der Waals surface area contributed by atoms with Crippen LogP contribution in [-0.2, 0) is 0 Å². The molecule has 244 valence electrons. The van der Waals surface area contributed by atoms with Crippen molar-refractivity contribution in [1.29, 1.82) is 0 Å². The van der Waals surface area contributed by atoms with E-state index in [0.29, 0.717) is 5.88 Å². The van der Waals surface area contributed by atoms with Crippen LogP contribution in [0, 0.1) is 20.8 Å². The molecule has 0 radical (unpaired) electrons. The van der Waals surface area contributed by atoms with Crippen LogP contribution in [0.25, 0.3) is 88.4 Å². The molecule has 51 heavy (non-hydrogen) atoms. The third-order valence-corrected chi connectivity index (χ3v) is 9.88. The fraction of sp³-hybridized carbons (Fsp3) is 0.0870. The summed E-state index contributed by atoms with van der Waals surface area (Å²) in [7, 11) is 1.66. The summed E-state index contributed by atoms with van der Waals surface area (Å²) in [5.74, 6) is 0.565. The summed E-state index contributed by atoms with van der Waals surface area (Å²) >= 11 is 0. The fourth-order valence-electron chi connectivity index (χ4n) is 7.33. The summed E-state index contributed by atoms with van der Waals surface area (Å²) in [6.07, 6.45) is 0. The monoisotopic (exact) mass is 658 g/mol. The first kappa shape index (κ1) is 30.6. The first-order chi connectivity index (χ1) is 24.9. The van der Waals surface area contributed by atoms with Crippen LogP contribution in [0.4, 0.5) is 0 Å². The van der Waals surface area contributed by atoms with Gasteiger partial charge in [0.25, 0.3) is 0 Å². The minimum absolute atomic E-state index is 0.565. The Hall–Kier alpha value is -6.46. The molecule has 5 heteroatoms. The minimum Gasteiger partial charge on any atom is -0.481 e. The largest absolute Gasteiger partial charge is 0.481 e. The van der Waals surface area contributed by atoms with Crippen molar-refractivity contribution in [3.8, 4) is 50.6 Å². The fourth-order valence-corrected chi connectivity index (χ4v) is 7.33. The molecule has 5 aromatic carbocycles. The summed E-state index contributed by atoms with van der Waals surface area (Å²) in [4.78, 5) is 20.5. The van der Waals surface area contributed by atoms with Crippen LogP contribution in [0.3, 0.4) is 0 Å². The molecule has 0 aliphatic carbocycles. The van der Waals surface area contributed by atoms with E-state index in [0.717, 1.165) is 94.1 Å². The number of ether oxygens (including phenoxy) is 1. The number of aromatic nitrogens is 4. The molecule has 0 saturated carbocycles. The normalized spacial score (nSPS) is 11.5. The van der Waals surface area contributed by atoms with Gasteiger partial charge in [0.05, 0.1) is 35.0 Å². The van der Waals surface area contributed by atoms with Gasteiger partial charge >= 0.3 is 0 Å². The number of methoxy groups -OCH3 is 1. The molecule has 0 aliphatic rings. The summed E-state index contributed by atoms with van der Waals surface area (Å²) in [5, 5.41) is 4.24. The lowest BCUT2D eigenvalue weighted by atomic mass is 9.94. The Morgan fingerprint density at radius 3 is 1.39 bits per heavy atom. The van der Waals surface area contributed by atoms with Crippen LogP contribution in [0.5, 0.6) is 5.88 Å². The minimum atomic E-state index is 0.565. The van der Waals surface area contributed by atoms with Gasteiger partial charge in [-0.2, -0.15) is 0 Å². The van der Waals surface area contributed by atoms with E-state index in [4.69, 9.17) is 24.7 Å². The SMILES string of the molecule is COc1cc(-c2ccccc2)c2ccc3ccc(-c4cc(C)c(-c5ccc6ccc7c(-c8ccccc8)cc(C)nc7c6n5)cc4C)nc3c2n1. The molecular weight excluding hydrogens is 625 g/mol. The van der Waals surface area contributed by atoms with E-state index >= 15 is 0 Å². The highest BCUT2D eigenvalue weighted by Gasteiger charge is 2.17. The zero-order valence-electron chi connectivity index (χ0n) is 28.9. The van der Waals surface area contributed by atoms with Crippen molar-refractivity contribution in [3.05, 3.63) is 150 Å². The Morgan fingerprint density at radius 2 is 0.882 bits per heavy atom. The van der Waals surface area contributed by atoms with Crippen molar-refractivity contribution in [2.75, 3.05) is 7.11 Å². The number of pyridine rings is 4. The van der Waals surface area contributed by atoms with Crippen LogP contribution in [-0.4, -0.2) is 27.0 Å². The zero-order valence-corrected chi connectivity index (χ0v) is 28.9. The standard InChI is InChI=1S/C46H34N4O/c1-27-24-37(41-22-18-33-16-20-35-39(31-13-9-6-10-14-31)26-42(51-4)50-46(35)44(33)49-41)28(2)23-36(27)40-21-17-32-15-19-34-38(30-11-7-5-8-12-30)25-29(3)47-45(34)43(32)48-40/h5-26H,1-4H3. The molecule has 0 saturated heterocycles. The van der Waals surface area contributed by atoms with Gasteiger partial charge in [0.1, 0.15) is 5.52 Å². The highest BCUT2D eigenvalue weighted by Crippen LogP contribution is 2.38. The van der Waals surface area contributed by atoms with Crippen LogP contribution in [0.2, 0.25) is 0 Å².